The monoisotopic (exact) mass is 444 g/mol. The van der Waals surface area contributed by atoms with Crippen LogP contribution in [0.4, 0.5) is 0 Å². The lowest BCUT2D eigenvalue weighted by Crippen LogP contribution is -2.35. The SMILES string of the molecule is C=S(=O)(c1ccc(SC2C=CC(C(C)C)=NC(CCCC)=C2)cc1)N1CCCCC1. The van der Waals surface area contributed by atoms with Crippen molar-refractivity contribution in [1.82, 2.24) is 4.31 Å². The molecule has 0 spiro atoms. The molecule has 2 aliphatic heterocycles. The lowest BCUT2D eigenvalue weighted by Gasteiger charge is -2.29. The molecule has 1 aromatic carbocycles. The first-order valence-corrected chi connectivity index (χ1v) is 13.8. The molecule has 2 aliphatic rings. The van der Waals surface area contributed by atoms with Crippen molar-refractivity contribution in [1.29, 1.82) is 0 Å². The Morgan fingerprint density at radius 1 is 1.20 bits per heavy atom. The molecular formula is C25H36N2OS2. The van der Waals surface area contributed by atoms with Crippen molar-refractivity contribution in [2.24, 2.45) is 10.9 Å². The third kappa shape index (κ3) is 6.12. The maximum absolute atomic E-state index is 13.3. The van der Waals surface area contributed by atoms with Gasteiger partial charge in [0.2, 0.25) is 0 Å². The van der Waals surface area contributed by atoms with Crippen molar-refractivity contribution in [3.8, 4) is 0 Å². The van der Waals surface area contributed by atoms with Gasteiger partial charge in [0.05, 0.1) is 9.71 Å². The molecule has 0 aromatic heterocycles. The molecule has 0 amide bonds. The Balaban J connectivity index is 1.73. The molecule has 0 radical (unpaired) electrons. The zero-order valence-electron chi connectivity index (χ0n) is 18.7. The summed E-state index contributed by atoms with van der Waals surface area (Å²) in [5, 5.41) is 0.258. The summed E-state index contributed by atoms with van der Waals surface area (Å²) in [5.41, 5.74) is 2.36. The lowest BCUT2D eigenvalue weighted by molar-refractivity contribution is 0.364. The molecule has 3 rings (SSSR count). The van der Waals surface area contributed by atoms with Gasteiger partial charge in [-0.05, 0) is 73.9 Å². The molecule has 0 N–H and O–H groups in total. The average Bonchev–Trinajstić information content (AvgIpc) is 2.95. The van der Waals surface area contributed by atoms with E-state index >= 15 is 0 Å². The summed E-state index contributed by atoms with van der Waals surface area (Å²) in [6.07, 6.45) is 13.6. The molecule has 2 heterocycles. The summed E-state index contributed by atoms with van der Waals surface area (Å²) in [7, 11) is -2.37. The van der Waals surface area contributed by atoms with Gasteiger partial charge in [-0.2, -0.15) is 0 Å². The number of piperidine rings is 1. The fourth-order valence-electron chi connectivity index (χ4n) is 3.77. The zero-order valence-corrected chi connectivity index (χ0v) is 20.3. The van der Waals surface area contributed by atoms with Gasteiger partial charge in [0.1, 0.15) is 0 Å². The van der Waals surface area contributed by atoms with Crippen molar-refractivity contribution < 1.29 is 4.21 Å². The Morgan fingerprint density at radius 3 is 2.53 bits per heavy atom. The molecule has 0 aliphatic carbocycles. The first kappa shape index (κ1) is 23.4. The average molecular weight is 445 g/mol. The maximum Gasteiger partial charge on any atom is 0.0558 e. The smallest absolute Gasteiger partial charge is 0.0558 e. The fraction of sp³-hybridized carbons (Fsp3) is 0.520. The van der Waals surface area contributed by atoms with Crippen molar-refractivity contribution >= 4 is 33.1 Å². The number of hydrogen-bond donors (Lipinski definition) is 0. The number of unbranched alkanes of at least 4 members (excludes halogenated alkanes) is 1. The van der Waals surface area contributed by atoms with Gasteiger partial charge < -0.3 is 0 Å². The highest BCUT2D eigenvalue weighted by Crippen LogP contribution is 2.30. The lowest BCUT2D eigenvalue weighted by atomic mass is 10.1. The van der Waals surface area contributed by atoms with Gasteiger partial charge in [0.25, 0.3) is 0 Å². The number of allylic oxidation sites excluding steroid dienone is 2. The molecule has 2 atom stereocenters. The van der Waals surface area contributed by atoms with Crippen LogP contribution < -0.4 is 0 Å². The summed E-state index contributed by atoms with van der Waals surface area (Å²) >= 11 is 1.82. The Hall–Kier alpha value is -1.30. The minimum absolute atomic E-state index is 0.258. The van der Waals surface area contributed by atoms with E-state index in [2.05, 4.69) is 61.3 Å². The number of nitrogens with zero attached hydrogens (tertiary/aromatic N) is 2. The van der Waals surface area contributed by atoms with E-state index in [4.69, 9.17) is 4.99 Å². The number of thioether (sulfide) groups is 1. The van der Waals surface area contributed by atoms with E-state index in [-0.39, 0.29) is 5.25 Å². The number of benzene rings is 1. The molecule has 30 heavy (non-hydrogen) atoms. The fourth-order valence-corrected chi connectivity index (χ4v) is 6.47. The van der Waals surface area contributed by atoms with Crippen molar-refractivity contribution in [3.05, 3.63) is 48.2 Å². The highest BCUT2D eigenvalue weighted by molar-refractivity contribution is 8.00. The topological polar surface area (TPSA) is 32.7 Å². The second-order valence-electron chi connectivity index (χ2n) is 8.50. The van der Waals surface area contributed by atoms with Crippen LogP contribution in [0.2, 0.25) is 0 Å². The van der Waals surface area contributed by atoms with Crippen LogP contribution >= 0.6 is 11.8 Å². The van der Waals surface area contributed by atoms with Gasteiger partial charge in [-0.25, -0.2) is 8.51 Å². The zero-order chi connectivity index (χ0) is 21.6. The summed E-state index contributed by atoms with van der Waals surface area (Å²) in [6, 6.07) is 8.20. The first-order chi connectivity index (χ1) is 14.4. The van der Waals surface area contributed by atoms with Gasteiger partial charge in [-0.1, -0.05) is 39.7 Å². The Kier molecular flexibility index (Phi) is 8.44. The predicted octanol–water partition coefficient (Wildman–Crippen LogP) is 6.36. The van der Waals surface area contributed by atoms with E-state index in [9.17, 15) is 4.21 Å². The highest BCUT2D eigenvalue weighted by Gasteiger charge is 2.21. The van der Waals surface area contributed by atoms with Crippen LogP contribution in [-0.2, 0) is 9.71 Å². The molecule has 164 valence electrons. The third-order valence-corrected chi connectivity index (χ3v) is 8.98. The van der Waals surface area contributed by atoms with Crippen LogP contribution in [0.3, 0.4) is 0 Å². The van der Waals surface area contributed by atoms with Crippen LogP contribution in [0.1, 0.15) is 59.3 Å². The van der Waals surface area contributed by atoms with Crippen LogP contribution in [0.25, 0.3) is 0 Å². The standard InChI is InChI=1S/C25H36N2OS2/c1-5-6-10-21-19-23(13-16-25(26-21)20(2)3)29-22-11-14-24(15-12-22)30(4,28)27-17-8-7-9-18-27/h11-16,19-20,23H,4-10,17-18H2,1-3H3. The van der Waals surface area contributed by atoms with E-state index < -0.39 is 9.71 Å². The predicted molar refractivity (Wildman–Crippen MR) is 134 cm³/mol. The van der Waals surface area contributed by atoms with Gasteiger partial charge in [0.15, 0.2) is 0 Å². The molecule has 1 fully saturated rings. The van der Waals surface area contributed by atoms with Crippen LogP contribution in [0.15, 0.2) is 63.0 Å². The van der Waals surface area contributed by atoms with Crippen molar-refractivity contribution in [2.45, 2.75) is 74.3 Å². The van der Waals surface area contributed by atoms with Gasteiger partial charge in [-0.15, -0.1) is 11.8 Å². The quantitative estimate of drug-likeness (QED) is 0.437. The number of rotatable bonds is 8. The Morgan fingerprint density at radius 2 is 1.90 bits per heavy atom. The van der Waals surface area contributed by atoms with Crippen molar-refractivity contribution in [3.63, 3.8) is 0 Å². The van der Waals surface area contributed by atoms with Gasteiger partial charge in [-0.3, -0.25) is 4.99 Å². The molecule has 5 heteroatoms. The normalized spacial score (nSPS) is 22.3. The van der Waals surface area contributed by atoms with E-state index in [1.165, 1.54) is 29.9 Å². The summed E-state index contributed by atoms with van der Waals surface area (Å²) in [4.78, 5) is 6.95. The highest BCUT2D eigenvalue weighted by atomic mass is 32.2. The van der Waals surface area contributed by atoms with Gasteiger partial charge >= 0.3 is 0 Å². The van der Waals surface area contributed by atoms with E-state index in [1.807, 2.05) is 23.9 Å². The molecule has 0 bridgehead atoms. The maximum atomic E-state index is 13.3. The first-order valence-electron chi connectivity index (χ1n) is 11.3. The minimum atomic E-state index is -2.37. The summed E-state index contributed by atoms with van der Waals surface area (Å²) < 4.78 is 15.4. The van der Waals surface area contributed by atoms with Crippen LogP contribution in [-0.4, -0.2) is 38.4 Å². The van der Waals surface area contributed by atoms with E-state index in [0.29, 0.717) is 5.92 Å². The van der Waals surface area contributed by atoms with Crippen LogP contribution in [0.5, 0.6) is 0 Å². The molecule has 1 saturated heterocycles. The third-order valence-electron chi connectivity index (χ3n) is 5.66. The second-order valence-corrected chi connectivity index (χ2v) is 12.0. The van der Waals surface area contributed by atoms with Crippen LogP contribution in [0, 0.1) is 5.92 Å². The second kappa shape index (κ2) is 10.8. The van der Waals surface area contributed by atoms with E-state index in [1.54, 1.807) is 0 Å². The number of aliphatic imine (C=N–C) groups is 1. The van der Waals surface area contributed by atoms with Crippen molar-refractivity contribution in [2.75, 3.05) is 13.1 Å². The van der Waals surface area contributed by atoms with Gasteiger partial charge in [0, 0.05) is 39.5 Å². The molecule has 3 nitrogen and oxygen atoms in total. The number of hydrogen-bond acceptors (Lipinski definition) is 3. The molecule has 0 saturated carbocycles. The molecular weight excluding hydrogens is 408 g/mol. The Bertz CT molecular complexity index is 890. The molecule has 1 aromatic rings. The summed E-state index contributed by atoms with van der Waals surface area (Å²) in [6.45, 7) is 8.39. The largest absolute Gasteiger partial charge is 0.258 e. The summed E-state index contributed by atoms with van der Waals surface area (Å²) in [5.74, 6) is 4.52. The molecule has 2 unspecified atom stereocenters. The van der Waals surface area contributed by atoms with E-state index in [0.717, 1.165) is 43.0 Å². The Labute approximate surface area is 187 Å². The minimum Gasteiger partial charge on any atom is -0.258 e.